The summed E-state index contributed by atoms with van der Waals surface area (Å²) in [5.41, 5.74) is 9.59. The van der Waals surface area contributed by atoms with E-state index in [1.807, 2.05) is 51.2 Å². The van der Waals surface area contributed by atoms with Crippen molar-refractivity contribution in [3.63, 3.8) is 0 Å². The molecule has 1 fully saturated rings. The fraction of sp³-hybridized carbons (Fsp3) is 0.290. The number of imidazole rings is 1. The van der Waals surface area contributed by atoms with Gasteiger partial charge in [-0.25, -0.2) is 24.3 Å². The third-order valence-electron chi connectivity index (χ3n) is 6.78. The van der Waals surface area contributed by atoms with Crippen molar-refractivity contribution < 1.29 is 13.9 Å². The van der Waals surface area contributed by atoms with Crippen molar-refractivity contribution in [1.82, 2.24) is 24.3 Å². The molecule has 2 N–H and O–H groups in total. The molecular formula is C31H33FN6O2. The molecule has 1 aliphatic carbocycles. The van der Waals surface area contributed by atoms with Crippen LogP contribution in [0.2, 0.25) is 0 Å². The zero-order valence-electron chi connectivity index (χ0n) is 23.0. The molecule has 5 aromatic rings. The fourth-order valence-corrected chi connectivity index (χ4v) is 4.92. The Kier molecular flexibility index (Phi) is 8.19. The summed E-state index contributed by atoms with van der Waals surface area (Å²) in [7, 11) is 0. The van der Waals surface area contributed by atoms with Gasteiger partial charge >= 0.3 is 0 Å². The molecule has 0 unspecified atom stereocenters. The Morgan fingerprint density at radius 2 is 1.65 bits per heavy atom. The van der Waals surface area contributed by atoms with Crippen molar-refractivity contribution in [2.24, 2.45) is 0 Å². The molecule has 9 heteroatoms. The van der Waals surface area contributed by atoms with E-state index in [4.69, 9.17) is 20.2 Å². The standard InChI is InChI=1S/C29H27FN6O2.C2H6/c1-18-33-15-19(16-34-18)17-37-24-12-22(30)13-25(14-24)38-23-8-6-20(7-9-23)26-27-28(31)32-10-11-36(27)29(35-26)21-4-2-3-5-21;1-2/h6-16,21H,2-5,17H2,1H3,(H2,31,32);1-2H3. The Hall–Kier alpha value is -4.53. The maximum Gasteiger partial charge on any atom is 0.150 e. The van der Waals surface area contributed by atoms with Crippen LogP contribution in [0, 0.1) is 12.7 Å². The second-order valence-corrected chi connectivity index (χ2v) is 9.51. The average molecular weight is 541 g/mol. The van der Waals surface area contributed by atoms with Gasteiger partial charge in [0.25, 0.3) is 0 Å². The molecule has 1 saturated carbocycles. The minimum atomic E-state index is -0.457. The first-order valence-corrected chi connectivity index (χ1v) is 13.6. The van der Waals surface area contributed by atoms with Gasteiger partial charge in [-0.05, 0) is 44.0 Å². The lowest BCUT2D eigenvalue weighted by Gasteiger charge is -2.10. The van der Waals surface area contributed by atoms with Crippen LogP contribution in [0.1, 0.15) is 62.7 Å². The summed E-state index contributed by atoms with van der Waals surface area (Å²) in [6.45, 7) is 6.03. The molecule has 0 radical (unpaired) electrons. The number of hydrogen-bond acceptors (Lipinski definition) is 7. The first kappa shape index (κ1) is 27.1. The van der Waals surface area contributed by atoms with E-state index in [9.17, 15) is 4.39 Å². The van der Waals surface area contributed by atoms with Crippen LogP contribution in [0.25, 0.3) is 16.8 Å². The highest BCUT2D eigenvalue weighted by molar-refractivity contribution is 5.85. The number of benzene rings is 2. The molecule has 6 rings (SSSR count). The number of halogens is 1. The summed E-state index contributed by atoms with van der Waals surface area (Å²) in [6, 6.07) is 11.8. The molecule has 0 aliphatic heterocycles. The van der Waals surface area contributed by atoms with Crippen LogP contribution in [0.4, 0.5) is 10.2 Å². The van der Waals surface area contributed by atoms with Gasteiger partial charge in [0.05, 0.1) is 0 Å². The van der Waals surface area contributed by atoms with Gasteiger partial charge in [-0.3, -0.25) is 4.40 Å². The molecule has 0 bridgehead atoms. The van der Waals surface area contributed by atoms with E-state index < -0.39 is 5.82 Å². The van der Waals surface area contributed by atoms with E-state index in [1.165, 1.54) is 25.0 Å². The maximum atomic E-state index is 14.3. The highest BCUT2D eigenvalue weighted by Gasteiger charge is 2.25. The molecule has 3 heterocycles. The number of hydrogen-bond donors (Lipinski definition) is 1. The number of rotatable bonds is 7. The Morgan fingerprint density at radius 3 is 2.38 bits per heavy atom. The third kappa shape index (κ3) is 5.88. The topological polar surface area (TPSA) is 100 Å². The Labute approximate surface area is 233 Å². The van der Waals surface area contributed by atoms with Crippen molar-refractivity contribution in [2.45, 2.75) is 59.0 Å². The van der Waals surface area contributed by atoms with Crippen LogP contribution in [0.3, 0.4) is 0 Å². The summed E-state index contributed by atoms with van der Waals surface area (Å²) < 4.78 is 28.1. The summed E-state index contributed by atoms with van der Waals surface area (Å²) >= 11 is 0. The van der Waals surface area contributed by atoms with Crippen molar-refractivity contribution in [3.05, 3.63) is 90.3 Å². The second kappa shape index (κ2) is 12.1. The molecule has 0 spiro atoms. The third-order valence-corrected chi connectivity index (χ3v) is 6.78. The van der Waals surface area contributed by atoms with Crippen molar-refractivity contribution in [2.75, 3.05) is 5.73 Å². The average Bonchev–Trinajstić information content (AvgIpc) is 3.63. The maximum absolute atomic E-state index is 14.3. The lowest BCUT2D eigenvalue weighted by Crippen LogP contribution is -2.01. The first-order valence-electron chi connectivity index (χ1n) is 13.6. The molecule has 0 saturated heterocycles. The smallest absolute Gasteiger partial charge is 0.150 e. The van der Waals surface area contributed by atoms with Crippen LogP contribution < -0.4 is 15.2 Å². The Bertz CT molecular complexity index is 1580. The molecule has 1 aliphatic rings. The second-order valence-electron chi connectivity index (χ2n) is 9.51. The Balaban J connectivity index is 0.00000158. The minimum Gasteiger partial charge on any atom is -0.489 e. The zero-order chi connectivity index (χ0) is 28.1. The van der Waals surface area contributed by atoms with E-state index in [0.717, 1.165) is 41.0 Å². The van der Waals surface area contributed by atoms with E-state index in [1.54, 1.807) is 24.7 Å². The number of aromatic nitrogens is 5. The number of fused-ring (bicyclic) bond motifs is 1. The van der Waals surface area contributed by atoms with E-state index in [0.29, 0.717) is 34.8 Å². The normalized spacial score (nSPS) is 13.2. The molecular weight excluding hydrogens is 507 g/mol. The van der Waals surface area contributed by atoms with E-state index in [2.05, 4.69) is 19.4 Å². The van der Waals surface area contributed by atoms with Gasteiger partial charge in [0.15, 0.2) is 0 Å². The number of anilines is 1. The predicted molar refractivity (Wildman–Crippen MR) is 153 cm³/mol. The van der Waals surface area contributed by atoms with Gasteiger partial charge in [-0.15, -0.1) is 0 Å². The van der Waals surface area contributed by atoms with Crippen LogP contribution in [0.5, 0.6) is 17.2 Å². The fourth-order valence-electron chi connectivity index (χ4n) is 4.92. The highest BCUT2D eigenvalue weighted by Crippen LogP contribution is 2.38. The SMILES string of the molecule is CC.Cc1ncc(COc2cc(F)cc(Oc3ccc(-c4nc(C5CCCC5)n5ccnc(N)c45)cc3)c2)cn1. The molecule has 206 valence electrons. The summed E-state index contributed by atoms with van der Waals surface area (Å²) in [4.78, 5) is 17.6. The van der Waals surface area contributed by atoms with Crippen molar-refractivity contribution >= 4 is 11.3 Å². The predicted octanol–water partition coefficient (Wildman–Crippen LogP) is 7.27. The first-order chi connectivity index (χ1) is 19.5. The monoisotopic (exact) mass is 540 g/mol. The van der Waals surface area contributed by atoms with Crippen molar-refractivity contribution in [3.8, 4) is 28.5 Å². The lowest BCUT2D eigenvalue weighted by molar-refractivity contribution is 0.301. The van der Waals surface area contributed by atoms with Gasteiger partial charge in [0, 0.05) is 60.0 Å². The number of ether oxygens (including phenoxy) is 2. The molecule has 2 aromatic carbocycles. The zero-order valence-corrected chi connectivity index (χ0v) is 23.0. The van der Waals surface area contributed by atoms with Gasteiger partial charge in [-0.2, -0.15) is 0 Å². The molecule has 40 heavy (non-hydrogen) atoms. The van der Waals surface area contributed by atoms with E-state index >= 15 is 0 Å². The largest absolute Gasteiger partial charge is 0.489 e. The number of nitrogens with zero attached hydrogens (tertiary/aromatic N) is 5. The molecule has 0 atom stereocenters. The summed E-state index contributed by atoms with van der Waals surface area (Å²) in [5.74, 6) is 3.36. The van der Waals surface area contributed by atoms with Crippen LogP contribution in [-0.4, -0.2) is 24.3 Å². The molecule has 0 amide bonds. The molecule has 8 nitrogen and oxygen atoms in total. The van der Waals surface area contributed by atoms with Gasteiger partial charge in [0.2, 0.25) is 0 Å². The summed E-state index contributed by atoms with van der Waals surface area (Å²) in [5, 5.41) is 0. The number of nitrogen functional groups attached to an aromatic ring is 1. The number of aryl methyl sites for hydroxylation is 1. The highest BCUT2D eigenvalue weighted by atomic mass is 19.1. The molecule has 3 aromatic heterocycles. The van der Waals surface area contributed by atoms with Gasteiger partial charge in [0.1, 0.15) is 58.3 Å². The number of nitrogens with two attached hydrogens (primary N) is 1. The van der Waals surface area contributed by atoms with Crippen molar-refractivity contribution in [1.29, 1.82) is 0 Å². The summed E-state index contributed by atoms with van der Waals surface area (Å²) in [6.07, 6.45) is 11.7. The van der Waals surface area contributed by atoms with Gasteiger partial charge < -0.3 is 15.2 Å². The minimum absolute atomic E-state index is 0.220. The van der Waals surface area contributed by atoms with Crippen LogP contribution >= 0.6 is 0 Å². The quantitative estimate of drug-likeness (QED) is 0.232. The lowest BCUT2D eigenvalue weighted by atomic mass is 10.1. The van der Waals surface area contributed by atoms with E-state index in [-0.39, 0.29) is 6.61 Å². The van der Waals surface area contributed by atoms with Gasteiger partial charge in [-0.1, -0.05) is 26.7 Å². The van der Waals surface area contributed by atoms with Crippen LogP contribution in [-0.2, 0) is 6.61 Å². The Morgan fingerprint density at radius 1 is 0.950 bits per heavy atom. The van der Waals surface area contributed by atoms with Crippen LogP contribution in [0.15, 0.2) is 67.3 Å².